The molecule has 21 heavy (non-hydrogen) atoms. The highest BCUT2D eigenvalue weighted by Gasteiger charge is 2.41. The van der Waals surface area contributed by atoms with Gasteiger partial charge < -0.3 is 15.2 Å². The molecule has 0 spiro atoms. The Kier molecular flexibility index (Phi) is 4.63. The minimum atomic E-state index is -0.257. The van der Waals surface area contributed by atoms with Crippen molar-refractivity contribution in [2.75, 3.05) is 19.8 Å². The van der Waals surface area contributed by atoms with Crippen molar-refractivity contribution in [1.29, 1.82) is 0 Å². The van der Waals surface area contributed by atoms with Crippen molar-refractivity contribution in [3.05, 3.63) is 35.4 Å². The Morgan fingerprint density at radius 2 is 2.00 bits per heavy atom. The average Bonchev–Trinajstić information content (AvgIpc) is 2.47. The number of rotatable bonds is 5. The molecule has 3 heteroatoms. The summed E-state index contributed by atoms with van der Waals surface area (Å²) < 4.78 is 11.7. The van der Waals surface area contributed by atoms with Crippen molar-refractivity contribution in [3.63, 3.8) is 0 Å². The van der Waals surface area contributed by atoms with Crippen molar-refractivity contribution < 1.29 is 9.47 Å². The predicted octanol–water partition coefficient (Wildman–Crippen LogP) is 3.54. The molecular formula is C18H27NO2. The van der Waals surface area contributed by atoms with Crippen LogP contribution in [0, 0.1) is 0 Å². The zero-order valence-corrected chi connectivity index (χ0v) is 13.0. The normalized spacial score (nSPS) is 23.5. The van der Waals surface area contributed by atoms with Gasteiger partial charge in [-0.05, 0) is 36.8 Å². The first-order chi connectivity index (χ1) is 10.3. The number of benzene rings is 1. The van der Waals surface area contributed by atoms with Gasteiger partial charge >= 0.3 is 0 Å². The van der Waals surface area contributed by atoms with E-state index >= 15 is 0 Å². The summed E-state index contributed by atoms with van der Waals surface area (Å²) in [4.78, 5) is 0. The topological polar surface area (TPSA) is 44.5 Å². The van der Waals surface area contributed by atoms with Crippen LogP contribution in [0.5, 0.6) is 0 Å². The minimum absolute atomic E-state index is 0.0573. The van der Waals surface area contributed by atoms with Crippen LogP contribution < -0.4 is 5.73 Å². The highest BCUT2D eigenvalue weighted by molar-refractivity contribution is 5.35. The van der Waals surface area contributed by atoms with Gasteiger partial charge in [-0.1, -0.05) is 30.7 Å². The molecule has 2 fully saturated rings. The Balaban J connectivity index is 1.90. The zero-order valence-electron chi connectivity index (χ0n) is 13.0. The molecule has 1 atom stereocenters. The summed E-state index contributed by atoms with van der Waals surface area (Å²) in [6, 6.07) is 8.66. The van der Waals surface area contributed by atoms with E-state index in [1.165, 1.54) is 30.4 Å². The van der Waals surface area contributed by atoms with Gasteiger partial charge in [-0.15, -0.1) is 0 Å². The van der Waals surface area contributed by atoms with Crippen LogP contribution in [0.1, 0.15) is 62.1 Å². The quantitative estimate of drug-likeness (QED) is 0.901. The first-order valence-corrected chi connectivity index (χ1v) is 8.33. The van der Waals surface area contributed by atoms with E-state index in [4.69, 9.17) is 15.2 Å². The molecule has 2 N–H and O–H groups in total. The van der Waals surface area contributed by atoms with E-state index in [1.54, 1.807) is 0 Å². The molecule has 1 unspecified atom stereocenters. The molecule has 1 saturated carbocycles. The van der Waals surface area contributed by atoms with Gasteiger partial charge in [0, 0.05) is 32.7 Å². The Bertz CT molecular complexity index is 459. The molecule has 0 bridgehead atoms. The maximum absolute atomic E-state index is 6.73. The largest absolute Gasteiger partial charge is 0.381 e. The molecule has 0 aromatic heterocycles. The first-order valence-electron chi connectivity index (χ1n) is 8.33. The van der Waals surface area contributed by atoms with Crippen LogP contribution in [0.3, 0.4) is 0 Å². The third-order valence-electron chi connectivity index (χ3n) is 5.21. The minimum Gasteiger partial charge on any atom is -0.381 e. The summed E-state index contributed by atoms with van der Waals surface area (Å²) in [5, 5.41) is 0. The maximum atomic E-state index is 6.73. The number of nitrogens with two attached hydrogens (primary N) is 1. The van der Waals surface area contributed by atoms with E-state index in [2.05, 4.69) is 31.2 Å². The third-order valence-corrected chi connectivity index (χ3v) is 5.21. The smallest absolute Gasteiger partial charge is 0.0917 e. The van der Waals surface area contributed by atoms with Crippen LogP contribution in [-0.4, -0.2) is 25.4 Å². The molecule has 3 rings (SSSR count). The van der Waals surface area contributed by atoms with Gasteiger partial charge in [0.05, 0.1) is 11.6 Å². The first kappa shape index (κ1) is 15.0. The molecule has 1 aromatic rings. The lowest BCUT2D eigenvalue weighted by atomic mass is 9.74. The monoisotopic (exact) mass is 289 g/mol. The van der Waals surface area contributed by atoms with E-state index in [0.717, 1.165) is 26.1 Å². The average molecular weight is 289 g/mol. The fourth-order valence-corrected chi connectivity index (χ4v) is 3.72. The Morgan fingerprint density at radius 1 is 1.29 bits per heavy atom. The highest BCUT2D eigenvalue weighted by atomic mass is 16.5. The van der Waals surface area contributed by atoms with Gasteiger partial charge in [0.2, 0.25) is 0 Å². The Labute approximate surface area is 127 Å². The van der Waals surface area contributed by atoms with Gasteiger partial charge in [0.25, 0.3) is 0 Å². The van der Waals surface area contributed by atoms with E-state index in [9.17, 15) is 0 Å². The van der Waals surface area contributed by atoms with Gasteiger partial charge in [0.1, 0.15) is 0 Å². The van der Waals surface area contributed by atoms with Gasteiger partial charge in [-0.3, -0.25) is 0 Å². The Morgan fingerprint density at radius 3 is 2.62 bits per heavy atom. The summed E-state index contributed by atoms with van der Waals surface area (Å²) >= 11 is 0. The summed E-state index contributed by atoms with van der Waals surface area (Å²) in [7, 11) is 0. The second-order valence-electron chi connectivity index (χ2n) is 6.34. The number of hydrogen-bond acceptors (Lipinski definition) is 3. The zero-order chi connectivity index (χ0) is 14.7. The van der Waals surface area contributed by atoms with Crippen molar-refractivity contribution in [3.8, 4) is 0 Å². The lowest BCUT2D eigenvalue weighted by molar-refractivity contribution is -0.121. The predicted molar refractivity (Wildman–Crippen MR) is 84.4 cm³/mol. The summed E-state index contributed by atoms with van der Waals surface area (Å²) in [5.41, 5.74) is 9.21. The van der Waals surface area contributed by atoms with Crippen molar-refractivity contribution in [2.45, 2.75) is 56.6 Å². The molecule has 0 amide bonds. The van der Waals surface area contributed by atoms with Gasteiger partial charge in [-0.2, -0.15) is 0 Å². The third kappa shape index (κ3) is 2.87. The molecule has 1 saturated heterocycles. The van der Waals surface area contributed by atoms with Crippen molar-refractivity contribution in [2.24, 2.45) is 5.73 Å². The molecule has 1 heterocycles. The van der Waals surface area contributed by atoms with Gasteiger partial charge in [0.15, 0.2) is 0 Å². The van der Waals surface area contributed by atoms with Crippen LogP contribution in [-0.2, 0) is 9.47 Å². The lowest BCUT2D eigenvalue weighted by Gasteiger charge is -2.43. The molecule has 3 nitrogen and oxygen atoms in total. The molecular weight excluding hydrogens is 262 g/mol. The fourth-order valence-electron chi connectivity index (χ4n) is 3.72. The van der Waals surface area contributed by atoms with Gasteiger partial charge in [-0.25, -0.2) is 0 Å². The van der Waals surface area contributed by atoms with E-state index < -0.39 is 0 Å². The second-order valence-corrected chi connectivity index (χ2v) is 6.34. The molecule has 0 radical (unpaired) electrons. The maximum Gasteiger partial charge on any atom is 0.0917 e. The molecule has 1 aliphatic carbocycles. The molecule has 116 valence electrons. The van der Waals surface area contributed by atoms with Crippen LogP contribution in [0.4, 0.5) is 0 Å². The molecule has 2 aliphatic rings. The number of ether oxygens (including phenoxy) is 2. The van der Waals surface area contributed by atoms with Crippen LogP contribution >= 0.6 is 0 Å². The number of hydrogen-bond donors (Lipinski definition) is 1. The summed E-state index contributed by atoms with van der Waals surface area (Å²) in [6.45, 7) is 4.26. The Hall–Kier alpha value is -0.900. The van der Waals surface area contributed by atoms with Crippen molar-refractivity contribution in [1.82, 2.24) is 0 Å². The van der Waals surface area contributed by atoms with Crippen LogP contribution in [0.2, 0.25) is 0 Å². The van der Waals surface area contributed by atoms with Crippen molar-refractivity contribution >= 4 is 0 Å². The summed E-state index contributed by atoms with van der Waals surface area (Å²) in [6.07, 6.45) is 5.73. The second kappa shape index (κ2) is 6.47. The van der Waals surface area contributed by atoms with E-state index in [0.29, 0.717) is 12.5 Å². The SMILES string of the molecule is CCOC1(C(N)c2ccccc2C2CCC2)CCOCC1. The fraction of sp³-hybridized carbons (Fsp3) is 0.667. The van der Waals surface area contributed by atoms with Crippen LogP contribution in [0.15, 0.2) is 24.3 Å². The van der Waals surface area contributed by atoms with E-state index in [1.807, 2.05) is 0 Å². The standard InChI is InChI=1S/C18H27NO2/c1-2-21-18(10-12-20-13-11-18)17(19)16-9-4-3-8-15(16)14-6-5-7-14/h3-4,8-9,14,17H,2,5-7,10-13,19H2,1H3. The molecule has 1 aromatic carbocycles. The van der Waals surface area contributed by atoms with E-state index in [-0.39, 0.29) is 11.6 Å². The highest BCUT2D eigenvalue weighted by Crippen LogP contribution is 2.43. The summed E-state index contributed by atoms with van der Waals surface area (Å²) in [5.74, 6) is 0.700. The molecule has 1 aliphatic heterocycles. The lowest BCUT2D eigenvalue weighted by Crippen LogP contribution is -2.48. The van der Waals surface area contributed by atoms with Crippen LogP contribution in [0.25, 0.3) is 0 Å².